The molecule has 4 heteroatoms. The van der Waals surface area contributed by atoms with E-state index in [4.69, 9.17) is 28.9 Å². The maximum atomic E-state index is 14.1. The highest BCUT2D eigenvalue weighted by Crippen LogP contribution is 2.30. The van der Waals surface area contributed by atoms with E-state index in [1.807, 2.05) is 0 Å². The van der Waals surface area contributed by atoms with Crippen LogP contribution in [0.5, 0.6) is 0 Å². The van der Waals surface area contributed by atoms with Gasteiger partial charge in [-0.25, -0.2) is 4.39 Å². The van der Waals surface area contributed by atoms with Crippen LogP contribution in [0.3, 0.4) is 0 Å². The van der Waals surface area contributed by atoms with Crippen molar-refractivity contribution in [3.05, 3.63) is 57.8 Å². The minimum atomic E-state index is -0.326. The summed E-state index contributed by atoms with van der Waals surface area (Å²) in [5.41, 5.74) is 7.04. The second-order valence-corrected chi connectivity index (χ2v) is 4.51. The Morgan fingerprint density at radius 2 is 1.71 bits per heavy atom. The molecule has 0 amide bonds. The highest BCUT2D eigenvalue weighted by molar-refractivity contribution is 6.35. The third-order valence-corrected chi connectivity index (χ3v) is 2.91. The quantitative estimate of drug-likeness (QED) is 0.866. The lowest BCUT2D eigenvalue weighted by molar-refractivity contribution is 0.614. The minimum Gasteiger partial charge on any atom is -0.326 e. The van der Waals surface area contributed by atoms with Crippen LogP contribution in [-0.2, 0) is 6.54 Å². The Hall–Kier alpha value is -1.09. The number of benzene rings is 2. The Bertz CT molecular complexity index is 535. The van der Waals surface area contributed by atoms with Crippen LogP contribution in [-0.4, -0.2) is 0 Å². The summed E-state index contributed by atoms with van der Waals surface area (Å²) in [4.78, 5) is 0. The first-order chi connectivity index (χ1) is 8.11. The zero-order valence-corrected chi connectivity index (χ0v) is 10.4. The van der Waals surface area contributed by atoms with Gasteiger partial charge < -0.3 is 5.73 Å². The molecule has 0 fully saturated rings. The van der Waals surface area contributed by atoms with Crippen LogP contribution in [0.2, 0.25) is 10.0 Å². The normalized spacial score (nSPS) is 10.6. The zero-order valence-electron chi connectivity index (χ0n) is 8.88. The van der Waals surface area contributed by atoms with Gasteiger partial charge in [-0.2, -0.15) is 0 Å². The SMILES string of the molecule is NCc1cccc(-c2cc(Cl)cc(Cl)c2)c1F. The summed E-state index contributed by atoms with van der Waals surface area (Å²) in [5.74, 6) is -0.326. The van der Waals surface area contributed by atoms with Crippen molar-refractivity contribution in [3.63, 3.8) is 0 Å². The zero-order chi connectivity index (χ0) is 12.4. The molecule has 0 atom stereocenters. The molecule has 0 aromatic heterocycles. The molecule has 2 rings (SSSR count). The number of halogens is 3. The van der Waals surface area contributed by atoms with Crippen LogP contribution in [0, 0.1) is 5.82 Å². The first-order valence-corrected chi connectivity index (χ1v) is 5.81. The lowest BCUT2D eigenvalue weighted by Crippen LogP contribution is -2.00. The molecule has 0 heterocycles. The Morgan fingerprint density at radius 1 is 1.06 bits per heavy atom. The maximum absolute atomic E-state index is 14.1. The summed E-state index contributed by atoms with van der Waals surface area (Å²) in [6.07, 6.45) is 0. The van der Waals surface area contributed by atoms with E-state index in [0.29, 0.717) is 26.7 Å². The van der Waals surface area contributed by atoms with Crippen molar-refractivity contribution in [2.45, 2.75) is 6.54 Å². The van der Waals surface area contributed by atoms with Crippen molar-refractivity contribution in [1.29, 1.82) is 0 Å². The predicted octanol–water partition coefficient (Wildman–Crippen LogP) is 4.26. The highest BCUT2D eigenvalue weighted by atomic mass is 35.5. The average molecular weight is 270 g/mol. The van der Waals surface area contributed by atoms with Crippen molar-refractivity contribution >= 4 is 23.2 Å². The van der Waals surface area contributed by atoms with Crippen LogP contribution in [0.15, 0.2) is 36.4 Å². The molecule has 0 spiro atoms. The van der Waals surface area contributed by atoms with Gasteiger partial charge in [-0.3, -0.25) is 0 Å². The second kappa shape index (κ2) is 5.05. The summed E-state index contributed by atoms with van der Waals surface area (Å²) >= 11 is 11.8. The summed E-state index contributed by atoms with van der Waals surface area (Å²) in [6.45, 7) is 0.161. The highest BCUT2D eigenvalue weighted by Gasteiger charge is 2.10. The monoisotopic (exact) mass is 269 g/mol. The molecule has 2 aromatic carbocycles. The number of rotatable bonds is 2. The van der Waals surface area contributed by atoms with Gasteiger partial charge in [-0.15, -0.1) is 0 Å². The fraction of sp³-hybridized carbons (Fsp3) is 0.0769. The van der Waals surface area contributed by atoms with Gasteiger partial charge in [0.2, 0.25) is 0 Å². The molecule has 0 aliphatic heterocycles. The molecule has 0 saturated carbocycles. The molecular weight excluding hydrogens is 260 g/mol. The van der Waals surface area contributed by atoms with Gasteiger partial charge in [0.25, 0.3) is 0 Å². The van der Waals surface area contributed by atoms with Crippen LogP contribution in [0.1, 0.15) is 5.56 Å². The van der Waals surface area contributed by atoms with Crippen molar-refractivity contribution < 1.29 is 4.39 Å². The van der Waals surface area contributed by atoms with E-state index in [-0.39, 0.29) is 12.4 Å². The molecule has 2 aromatic rings. The predicted molar refractivity (Wildman–Crippen MR) is 69.7 cm³/mol. The van der Waals surface area contributed by atoms with Gasteiger partial charge >= 0.3 is 0 Å². The lowest BCUT2D eigenvalue weighted by Gasteiger charge is -2.08. The summed E-state index contributed by atoms with van der Waals surface area (Å²) in [6, 6.07) is 10.0. The van der Waals surface area contributed by atoms with Crippen molar-refractivity contribution in [2.75, 3.05) is 0 Å². The van der Waals surface area contributed by atoms with E-state index in [0.717, 1.165) is 0 Å². The van der Waals surface area contributed by atoms with Gasteiger partial charge in [0.1, 0.15) is 5.82 Å². The van der Waals surface area contributed by atoms with Crippen LogP contribution in [0.4, 0.5) is 4.39 Å². The molecule has 88 valence electrons. The molecule has 0 aliphatic rings. The summed E-state index contributed by atoms with van der Waals surface area (Å²) in [5, 5.41) is 0.954. The Kier molecular flexibility index (Phi) is 3.67. The van der Waals surface area contributed by atoms with E-state index in [1.165, 1.54) is 0 Å². The first kappa shape index (κ1) is 12.4. The van der Waals surface area contributed by atoms with Crippen molar-refractivity contribution in [3.8, 4) is 11.1 Å². The molecule has 0 bridgehead atoms. The Balaban J connectivity index is 2.60. The van der Waals surface area contributed by atoms with Crippen molar-refractivity contribution in [2.24, 2.45) is 5.73 Å². The Morgan fingerprint density at radius 3 is 2.29 bits per heavy atom. The molecule has 0 aliphatic carbocycles. The molecule has 0 unspecified atom stereocenters. The maximum Gasteiger partial charge on any atom is 0.135 e. The van der Waals surface area contributed by atoms with E-state index < -0.39 is 0 Å². The summed E-state index contributed by atoms with van der Waals surface area (Å²) in [7, 11) is 0. The smallest absolute Gasteiger partial charge is 0.135 e. The van der Waals surface area contributed by atoms with Crippen LogP contribution >= 0.6 is 23.2 Å². The summed E-state index contributed by atoms with van der Waals surface area (Å²) < 4.78 is 14.1. The third kappa shape index (κ3) is 2.60. The fourth-order valence-corrected chi connectivity index (χ4v) is 2.20. The van der Waals surface area contributed by atoms with Crippen LogP contribution < -0.4 is 5.73 Å². The van der Waals surface area contributed by atoms with Crippen LogP contribution in [0.25, 0.3) is 11.1 Å². The number of hydrogen-bond donors (Lipinski definition) is 1. The van der Waals surface area contributed by atoms with Gasteiger partial charge in [-0.1, -0.05) is 41.4 Å². The lowest BCUT2D eigenvalue weighted by atomic mass is 10.0. The van der Waals surface area contributed by atoms with Gasteiger partial charge in [-0.05, 0) is 23.8 Å². The van der Waals surface area contributed by atoms with E-state index in [2.05, 4.69) is 0 Å². The molecule has 0 saturated heterocycles. The molecule has 0 radical (unpaired) electrons. The number of hydrogen-bond acceptors (Lipinski definition) is 1. The first-order valence-electron chi connectivity index (χ1n) is 5.05. The standard InChI is InChI=1S/C13H10Cl2FN/c14-10-4-9(5-11(15)6-10)12-3-1-2-8(7-17)13(12)16/h1-6H,7,17H2. The number of nitrogens with two attached hydrogens (primary N) is 1. The minimum absolute atomic E-state index is 0.161. The van der Waals surface area contributed by atoms with Crippen molar-refractivity contribution in [1.82, 2.24) is 0 Å². The molecule has 2 N–H and O–H groups in total. The van der Waals surface area contributed by atoms with Gasteiger partial charge in [0.15, 0.2) is 0 Å². The largest absolute Gasteiger partial charge is 0.326 e. The molecule has 17 heavy (non-hydrogen) atoms. The van der Waals surface area contributed by atoms with E-state index in [1.54, 1.807) is 36.4 Å². The topological polar surface area (TPSA) is 26.0 Å². The Labute approximate surface area is 109 Å². The van der Waals surface area contributed by atoms with Gasteiger partial charge in [0, 0.05) is 27.7 Å². The average Bonchev–Trinajstić information content (AvgIpc) is 2.28. The fourth-order valence-electron chi connectivity index (χ4n) is 1.67. The molecular formula is C13H10Cl2FN. The second-order valence-electron chi connectivity index (χ2n) is 3.64. The van der Waals surface area contributed by atoms with E-state index >= 15 is 0 Å². The molecule has 1 nitrogen and oxygen atoms in total. The van der Waals surface area contributed by atoms with Gasteiger partial charge in [0.05, 0.1) is 0 Å². The third-order valence-electron chi connectivity index (χ3n) is 2.47. The van der Waals surface area contributed by atoms with E-state index in [9.17, 15) is 4.39 Å².